The molecule has 0 saturated carbocycles. The Labute approximate surface area is 129 Å². The third kappa shape index (κ3) is 2.76. The van der Waals surface area contributed by atoms with Gasteiger partial charge in [0.2, 0.25) is 0 Å². The second-order valence-corrected chi connectivity index (χ2v) is 5.50. The van der Waals surface area contributed by atoms with Gasteiger partial charge in [0, 0.05) is 18.7 Å². The van der Waals surface area contributed by atoms with Crippen LogP contribution in [0.15, 0.2) is 12.1 Å². The Bertz CT molecular complexity index is 669. The van der Waals surface area contributed by atoms with E-state index in [1.165, 1.54) is 6.42 Å². The predicted molar refractivity (Wildman–Crippen MR) is 83.0 cm³/mol. The fourth-order valence-electron chi connectivity index (χ4n) is 3.06. The Kier molecular flexibility index (Phi) is 4.24. The molecule has 3 rings (SSSR count). The zero-order valence-corrected chi connectivity index (χ0v) is 12.9. The van der Waals surface area contributed by atoms with Crippen LogP contribution in [0.1, 0.15) is 30.1 Å². The molecule has 0 aliphatic carbocycles. The second kappa shape index (κ2) is 6.31. The van der Waals surface area contributed by atoms with E-state index in [-0.39, 0.29) is 5.91 Å². The molecule has 7 nitrogen and oxygen atoms in total. The number of ether oxygens (including phenoxy) is 1. The molecule has 1 atom stereocenters. The smallest absolute Gasteiger partial charge is 0.255 e. The van der Waals surface area contributed by atoms with Gasteiger partial charge in [0.25, 0.3) is 5.91 Å². The summed E-state index contributed by atoms with van der Waals surface area (Å²) >= 11 is 0. The lowest BCUT2D eigenvalue weighted by molar-refractivity contribution is 0.0938. The summed E-state index contributed by atoms with van der Waals surface area (Å²) in [5.74, 6) is 0.377. The minimum absolute atomic E-state index is 0.135. The number of hydrogen-bond donors (Lipinski definition) is 2. The molecule has 22 heavy (non-hydrogen) atoms. The molecule has 1 aromatic carbocycles. The number of hydrogen-bond acceptors (Lipinski definition) is 5. The van der Waals surface area contributed by atoms with E-state index in [2.05, 4.69) is 32.6 Å². The fraction of sp³-hybridized carbons (Fsp3) is 0.533. The number of carbonyl (C=O) groups is 1. The average Bonchev–Trinajstić information content (AvgIpc) is 3.18. The van der Waals surface area contributed by atoms with Gasteiger partial charge in [-0.25, -0.2) is 0 Å². The largest absolute Gasteiger partial charge is 0.496 e. The molecule has 7 heteroatoms. The highest BCUT2D eigenvalue weighted by Crippen LogP contribution is 2.23. The Morgan fingerprint density at radius 2 is 2.23 bits per heavy atom. The van der Waals surface area contributed by atoms with Crippen LogP contribution in [0, 0.1) is 0 Å². The molecule has 1 saturated heterocycles. The number of likely N-dealkylation sites (N-methyl/N-ethyl adjacent to an activating group) is 1. The van der Waals surface area contributed by atoms with Crippen LogP contribution in [0.5, 0.6) is 5.75 Å². The van der Waals surface area contributed by atoms with Crippen LogP contribution in [-0.2, 0) is 0 Å². The van der Waals surface area contributed by atoms with Crippen molar-refractivity contribution in [2.75, 3.05) is 26.7 Å². The molecule has 0 radical (unpaired) electrons. The van der Waals surface area contributed by atoms with Crippen molar-refractivity contribution in [1.29, 1.82) is 0 Å². The van der Waals surface area contributed by atoms with Gasteiger partial charge in [-0.15, -0.1) is 0 Å². The predicted octanol–water partition coefficient (Wildman–Crippen LogP) is 1.18. The van der Waals surface area contributed by atoms with Gasteiger partial charge in [-0.1, -0.05) is 6.92 Å². The lowest BCUT2D eigenvalue weighted by Crippen LogP contribution is -2.40. The van der Waals surface area contributed by atoms with Gasteiger partial charge in [0.05, 0.1) is 12.7 Å². The Hall–Kier alpha value is -2.15. The summed E-state index contributed by atoms with van der Waals surface area (Å²) in [7, 11) is 1.55. The first-order valence-corrected chi connectivity index (χ1v) is 7.63. The number of likely N-dealkylation sites (tertiary alicyclic amines) is 1. The maximum Gasteiger partial charge on any atom is 0.255 e. The number of aromatic nitrogens is 3. The van der Waals surface area contributed by atoms with Crippen molar-refractivity contribution in [3.8, 4) is 5.75 Å². The van der Waals surface area contributed by atoms with Crippen LogP contribution in [0.4, 0.5) is 0 Å². The standard InChI is InChI=1S/C15H21N5O2/c1-3-20-6-4-5-10(20)9-16-15(21)11-7-12-13(18-19-17-12)8-14(11)22-2/h7-8,10H,3-6,9H2,1-2H3,(H,16,21)(H,17,18,19)/t10-/m0/s1. The van der Waals surface area contributed by atoms with E-state index >= 15 is 0 Å². The summed E-state index contributed by atoms with van der Waals surface area (Å²) in [6.07, 6.45) is 2.33. The molecule has 2 heterocycles. The van der Waals surface area contributed by atoms with Gasteiger partial charge in [-0.2, -0.15) is 15.4 Å². The van der Waals surface area contributed by atoms with Crippen molar-refractivity contribution in [3.05, 3.63) is 17.7 Å². The first-order valence-electron chi connectivity index (χ1n) is 7.63. The highest BCUT2D eigenvalue weighted by Gasteiger charge is 2.24. The number of H-pyrrole nitrogens is 1. The molecule has 0 spiro atoms. The van der Waals surface area contributed by atoms with Gasteiger partial charge in [0.15, 0.2) is 0 Å². The van der Waals surface area contributed by atoms with E-state index in [9.17, 15) is 4.79 Å². The van der Waals surface area contributed by atoms with Gasteiger partial charge in [-0.05, 0) is 32.0 Å². The van der Waals surface area contributed by atoms with E-state index in [0.717, 1.165) is 19.5 Å². The highest BCUT2D eigenvalue weighted by atomic mass is 16.5. The molecule has 0 unspecified atom stereocenters. The summed E-state index contributed by atoms with van der Waals surface area (Å²) in [5.41, 5.74) is 1.83. The maximum absolute atomic E-state index is 12.5. The minimum Gasteiger partial charge on any atom is -0.496 e. The lowest BCUT2D eigenvalue weighted by atomic mass is 10.1. The van der Waals surface area contributed by atoms with Gasteiger partial charge < -0.3 is 10.1 Å². The third-order valence-corrected chi connectivity index (χ3v) is 4.29. The van der Waals surface area contributed by atoms with Crippen LogP contribution < -0.4 is 10.1 Å². The average molecular weight is 303 g/mol. The quantitative estimate of drug-likeness (QED) is 0.866. The molecule has 1 aliphatic heterocycles. The Balaban J connectivity index is 1.74. The Morgan fingerprint density at radius 1 is 1.45 bits per heavy atom. The number of amides is 1. The lowest BCUT2D eigenvalue weighted by Gasteiger charge is -2.23. The van der Waals surface area contributed by atoms with Crippen LogP contribution in [0.3, 0.4) is 0 Å². The number of aromatic amines is 1. The normalized spacial score (nSPS) is 18.7. The van der Waals surface area contributed by atoms with E-state index in [0.29, 0.717) is 34.9 Å². The number of benzene rings is 1. The van der Waals surface area contributed by atoms with Gasteiger partial charge in [-0.3, -0.25) is 9.69 Å². The number of nitrogens with zero attached hydrogens (tertiary/aromatic N) is 3. The van der Waals surface area contributed by atoms with E-state index in [1.54, 1.807) is 19.2 Å². The molecule has 1 aliphatic rings. The third-order valence-electron chi connectivity index (χ3n) is 4.29. The van der Waals surface area contributed by atoms with Crippen LogP contribution in [0.25, 0.3) is 11.0 Å². The molecule has 1 aromatic heterocycles. The molecule has 118 valence electrons. The monoisotopic (exact) mass is 303 g/mol. The number of rotatable bonds is 5. The minimum atomic E-state index is -0.135. The Morgan fingerprint density at radius 3 is 2.95 bits per heavy atom. The van der Waals surface area contributed by atoms with Crippen LogP contribution >= 0.6 is 0 Å². The molecular weight excluding hydrogens is 282 g/mol. The topological polar surface area (TPSA) is 83.1 Å². The van der Waals surface area contributed by atoms with Crippen molar-refractivity contribution in [1.82, 2.24) is 25.6 Å². The van der Waals surface area contributed by atoms with Gasteiger partial charge in [0.1, 0.15) is 16.8 Å². The summed E-state index contributed by atoms with van der Waals surface area (Å²) in [4.78, 5) is 14.9. The second-order valence-electron chi connectivity index (χ2n) is 5.50. The molecule has 0 bridgehead atoms. The van der Waals surface area contributed by atoms with Crippen molar-refractivity contribution in [2.45, 2.75) is 25.8 Å². The first-order chi connectivity index (χ1) is 10.7. The van der Waals surface area contributed by atoms with E-state index in [1.807, 2.05) is 0 Å². The molecule has 2 aromatic rings. The summed E-state index contributed by atoms with van der Waals surface area (Å²) in [6.45, 7) is 4.95. The zero-order valence-electron chi connectivity index (χ0n) is 12.9. The zero-order chi connectivity index (χ0) is 15.5. The molecule has 1 amide bonds. The summed E-state index contributed by atoms with van der Waals surface area (Å²) in [5, 5.41) is 13.6. The number of carbonyl (C=O) groups excluding carboxylic acids is 1. The van der Waals surface area contributed by atoms with Crippen molar-refractivity contribution in [3.63, 3.8) is 0 Å². The maximum atomic E-state index is 12.5. The first kappa shape index (κ1) is 14.8. The summed E-state index contributed by atoms with van der Waals surface area (Å²) < 4.78 is 5.31. The molecule has 2 N–H and O–H groups in total. The number of fused-ring (bicyclic) bond motifs is 1. The van der Waals surface area contributed by atoms with E-state index in [4.69, 9.17) is 4.74 Å². The van der Waals surface area contributed by atoms with Crippen LogP contribution in [0.2, 0.25) is 0 Å². The molecule has 1 fully saturated rings. The fourth-order valence-corrected chi connectivity index (χ4v) is 3.06. The summed E-state index contributed by atoms with van der Waals surface area (Å²) in [6, 6.07) is 3.86. The SMILES string of the molecule is CCN1CCC[C@H]1CNC(=O)c1cc2n[nH]nc2cc1OC. The number of nitrogens with one attached hydrogen (secondary N) is 2. The van der Waals surface area contributed by atoms with Gasteiger partial charge >= 0.3 is 0 Å². The van der Waals surface area contributed by atoms with Crippen LogP contribution in [-0.4, -0.2) is 59.0 Å². The highest BCUT2D eigenvalue weighted by molar-refractivity contribution is 6.00. The number of methoxy groups -OCH3 is 1. The van der Waals surface area contributed by atoms with E-state index < -0.39 is 0 Å². The van der Waals surface area contributed by atoms with Crippen molar-refractivity contribution in [2.24, 2.45) is 0 Å². The van der Waals surface area contributed by atoms with Crippen molar-refractivity contribution < 1.29 is 9.53 Å². The van der Waals surface area contributed by atoms with Crippen molar-refractivity contribution >= 4 is 16.9 Å². The molecular formula is C15H21N5O2.